The third-order valence-electron chi connectivity index (χ3n) is 7.10. The van der Waals surface area contributed by atoms with E-state index in [9.17, 15) is 14.7 Å². The van der Waals surface area contributed by atoms with Gasteiger partial charge in [-0.15, -0.1) is 0 Å². The van der Waals surface area contributed by atoms with Crippen LogP contribution >= 0.6 is 12.2 Å². The number of carboxylic acids is 1. The number of aromatic carboxylic acids is 1. The number of aromatic nitrogens is 2. The average Bonchev–Trinajstić information content (AvgIpc) is 3.66. The van der Waals surface area contributed by atoms with E-state index in [1.54, 1.807) is 36.5 Å². The van der Waals surface area contributed by atoms with Crippen molar-refractivity contribution < 1.29 is 19.4 Å². The highest BCUT2D eigenvalue weighted by Gasteiger charge is 2.42. The first-order chi connectivity index (χ1) is 21.0. The zero-order valence-electron chi connectivity index (χ0n) is 22.8. The number of pyridine rings is 1. The Balaban J connectivity index is 1.30. The van der Waals surface area contributed by atoms with E-state index in [0.29, 0.717) is 22.2 Å². The molecule has 1 saturated heterocycles. The maximum Gasteiger partial charge on any atom is 0.335 e. The maximum absolute atomic E-state index is 12.5. The molecule has 6 rings (SSSR count). The van der Waals surface area contributed by atoms with Gasteiger partial charge in [0.05, 0.1) is 17.3 Å². The largest absolute Gasteiger partial charge is 0.484 e. The van der Waals surface area contributed by atoms with E-state index in [2.05, 4.69) is 15.6 Å². The summed E-state index contributed by atoms with van der Waals surface area (Å²) in [5.41, 5.74) is 4.05. The number of para-hydroxylation sites is 1. The number of nitrogens with zero attached hydrogens (tertiary/aromatic N) is 3. The van der Waals surface area contributed by atoms with Crippen molar-refractivity contribution in [1.29, 1.82) is 0 Å². The van der Waals surface area contributed by atoms with Crippen molar-refractivity contribution in [3.63, 3.8) is 0 Å². The number of amides is 1. The third-order valence-corrected chi connectivity index (χ3v) is 7.41. The molecule has 0 radical (unpaired) electrons. The number of thiocarbonyl (C=S) groups is 1. The molecule has 214 valence electrons. The van der Waals surface area contributed by atoms with E-state index in [4.69, 9.17) is 17.0 Å². The van der Waals surface area contributed by atoms with Crippen LogP contribution in [-0.4, -0.2) is 38.3 Å². The van der Waals surface area contributed by atoms with Crippen LogP contribution in [0.2, 0.25) is 0 Å². The van der Waals surface area contributed by atoms with Gasteiger partial charge in [0.2, 0.25) is 0 Å². The predicted octanol–water partition coefficient (Wildman–Crippen LogP) is 5.77. The summed E-state index contributed by atoms with van der Waals surface area (Å²) in [5, 5.41) is 16.4. The van der Waals surface area contributed by atoms with Crippen molar-refractivity contribution in [2.24, 2.45) is 0 Å². The van der Waals surface area contributed by atoms with E-state index in [0.717, 1.165) is 17.1 Å². The highest BCUT2D eigenvalue weighted by atomic mass is 32.1. The second-order valence-corrected chi connectivity index (χ2v) is 10.2. The van der Waals surface area contributed by atoms with Gasteiger partial charge in [-0.3, -0.25) is 9.78 Å². The summed E-state index contributed by atoms with van der Waals surface area (Å²) in [5.74, 6) is -0.647. The Hall–Kier alpha value is -5.48. The summed E-state index contributed by atoms with van der Waals surface area (Å²) in [4.78, 5) is 30.8. The number of benzene rings is 3. The Morgan fingerprint density at radius 2 is 1.70 bits per heavy atom. The highest BCUT2D eigenvalue weighted by molar-refractivity contribution is 7.80. The van der Waals surface area contributed by atoms with Crippen molar-refractivity contribution in [3.8, 4) is 11.4 Å². The number of hydrogen-bond acceptors (Lipinski definition) is 5. The molecule has 0 unspecified atom stereocenters. The molecular formula is C33H27N5O4S. The molecular weight excluding hydrogens is 562 g/mol. The smallest absolute Gasteiger partial charge is 0.335 e. The summed E-state index contributed by atoms with van der Waals surface area (Å²) in [6.07, 6.45) is 3.65. The third kappa shape index (κ3) is 5.95. The fourth-order valence-electron chi connectivity index (χ4n) is 5.16. The van der Waals surface area contributed by atoms with Crippen molar-refractivity contribution in [2.45, 2.75) is 12.1 Å². The maximum atomic E-state index is 12.5. The molecule has 5 aromatic rings. The zero-order valence-corrected chi connectivity index (χ0v) is 23.6. The molecule has 0 aliphatic carbocycles. The number of carbonyl (C=O) groups is 2. The first kappa shape index (κ1) is 27.7. The first-order valence-electron chi connectivity index (χ1n) is 13.6. The molecule has 1 aliphatic rings. The minimum atomic E-state index is -0.994. The number of ether oxygens (including phenoxy) is 1. The fourth-order valence-corrected chi connectivity index (χ4v) is 5.51. The highest BCUT2D eigenvalue weighted by Crippen LogP contribution is 2.42. The summed E-state index contributed by atoms with van der Waals surface area (Å²) < 4.78 is 7.52. The number of carbonyl (C=O) groups excluding carboxylic acids is 1. The Morgan fingerprint density at radius 3 is 2.44 bits per heavy atom. The molecule has 0 spiro atoms. The molecule has 3 aromatic carbocycles. The molecule has 1 fully saturated rings. The number of nitrogens with one attached hydrogen (secondary N) is 2. The van der Waals surface area contributed by atoms with Crippen LogP contribution in [0.5, 0.6) is 5.75 Å². The number of carboxylic acid groups (broad SMARTS) is 1. The van der Waals surface area contributed by atoms with Crippen LogP contribution in [0.1, 0.15) is 33.8 Å². The molecule has 3 N–H and O–H groups in total. The van der Waals surface area contributed by atoms with E-state index < -0.39 is 5.97 Å². The number of hydrogen-bond donors (Lipinski definition) is 3. The summed E-state index contributed by atoms with van der Waals surface area (Å²) in [7, 11) is 0. The van der Waals surface area contributed by atoms with Gasteiger partial charge in [-0.05, 0) is 91.1 Å². The number of rotatable bonds is 9. The molecule has 2 atom stereocenters. The van der Waals surface area contributed by atoms with Gasteiger partial charge in [0.25, 0.3) is 5.91 Å². The Bertz CT molecular complexity index is 1760. The Morgan fingerprint density at radius 1 is 0.907 bits per heavy atom. The van der Waals surface area contributed by atoms with Crippen LogP contribution in [0.25, 0.3) is 5.69 Å². The zero-order chi connectivity index (χ0) is 29.8. The lowest BCUT2D eigenvalue weighted by molar-refractivity contribution is -0.118. The van der Waals surface area contributed by atoms with Crippen molar-refractivity contribution in [3.05, 3.63) is 139 Å². The molecule has 3 heterocycles. The van der Waals surface area contributed by atoms with Crippen LogP contribution in [0.4, 0.5) is 11.4 Å². The Labute approximate surface area is 253 Å². The minimum absolute atomic E-state index is 0.111. The van der Waals surface area contributed by atoms with Gasteiger partial charge in [-0.2, -0.15) is 0 Å². The molecule has 1 amide bonds. The van der Waals surface area contributed by atoms with E-state index in [1.165, 1.54) is 0 Å². The van der Waals surface area contributed by atoms with Crippen molar-refractivity contribution >= 4 is 40.6 Å². The Kier molecular flexibility index (Phi) is 7.84. The van der Waals surface area contributed by atoms with Gasteiger partial charge in [-0.1, -0.05) is 30.3 Å². The molecule has 0 saturated carbocycles. The number of anilines is 2. The van der Waals surface area contributed by atoms with E-state index in [1.807, 2.05) is 94.5 Å². The van der Waals surface area contributed by atoms with Crippen molar-refractivity contribution in [1.82, 2.24) is 14.9 Å². The molecule has 9 nitrogen and oxygen atoms in total. The van der Waals surface area contributed by atoms with Gasteiger partial charge in [0.1, 0.15) is 11.8 Å². The lowest BCUT2D eigenvalue weighted by Crippen LogP contribution is -2.30. The summed E-state index contributed by atoms with van der Waals surface area (Å²) in [6, 6.07) is 32.5. The summed E-state index contributed by atoms with van der Waals surface area (Å²) >= 11 is 5.86. The SMILES string of the molecule is O=C(COc1ccccc1)Nc1ccc(N2C(=S)N[C@@H](c3ccccn3)[C@H]2c2cccn2-c2cccc(C(=O)O)c2)cc1. The molecule has 1 aliphatic heterocycles. The topological polar surface area (TPSA) is 109 Å². The van der Waals surface area contributed by atoms with E-state index >= 15 is 0 Å². The molecule has 2 aromatic heterocycles. The van der Waals surface area contributed by atoms with Crippen LogP contribution in [0.15, 0.2) is 122 Å². The summed E-state index contributed by atoms with van der Waals surface area (Å²) in [6.45, 7) is -0.111. The van der Waals surface area contributed by atoms with Gasteiger partial charge < -0.3 is 29.9 Å². The van der Waals surface area contributed by atoms with Crippen LogP contribution in [0.3, 0.4) is 0 Å². The van der Waals surface area contributed by atoms with Gasteiger partial charge in [-0.25, -0.2) is 4.79 Å². The quantitative estimate of drug-likeness (QED) is 0.186. The van der Waals surface area contributed by atoms with Crippen LogP contribution in [0, 0.1) is 0 Å². The van der Waals surface area contributed by atoms with Crippen LogP contribution < -0.4 is 20.3 Å². The fraction of sp³-hybridized carbons (Fsp3) is 0.0909. The molecule has 0 bridgehead atoms. The van der Waals surface area contributed by atoms with Gasteiger partial charge >= 0.3 is 5.97 Å². The molecule has 10 heteroatoms. The van der Waals surface area contributed by atoms with Gasteiger partial charge in [0, 0.05) is 35.1 Å². The van der Waals surface area contributed by atoms with E-state index in [-0.39, 0.29) is 30.2 Å². The first-order valence-corrected chi connectivity index (χ1v) is 14.0. The normalized spacial score (nSPS) is 16.0. The van der Waals surface area contributed by atoms with Crippen molar-refractivity contribution in [2.75, 3.05) is 16.8 Å². The lowest BCUT2D eigenvalue weighted by atomic mass is 10.0. The second-order valence-electron chi connectivity index (χ2n) is 9.85. The minimum Gasteiger partial charge on any atom is -0.484 e. The second kappa shape index (κ2) is 12.2. The average molecular weight is 590 g/mol. The predicted molar refractivity (Wildman–Crippen MR) is 168 cm³/mol. The lowest BCUT2D eigenvalue weighted by Gasteiger charge is -2.29. The monoisotopic (exact) mass is 589 g/mol. The molecule has 43 heavy (non-hydrogen) atoms. The van der Waals surface area contributed by atoms with Crippen LogP contribution in [-0.2, 0) is 4.79 Å². The standard InChI is InChI=1S/C33H27N5O4S/c39-29(21-42-26-10-2-1-3-11-26)35-23-14-16-24(17-15-23)38-31(30(36-33(38)43)27-12-4-5-18-34-27)28-13-7-19-37(28)25-9-6-8-22(20-25)32(40)41/h1-20,30-31H,21H2,(H,35,39)(H,36,43)(H,40,41)/t30-,31+/m0/s1. The van der Waals surface area contributed by atoms with Gasteiger partial charge in [0.15, 0.2) is 11.7 Å².